The van der Waals surface area contributed by atoms with Crippen molar-refractivity contribution in [3.63, 3.8) is 0 Å². The van der Waals surface area contributed by atoms with Gasteiger partial charge < -0.3 is 14.7 Å². The zero-order chi connectivity index (χ0) is 15.8. The van der Waals surface area contributed by atoms with Crippen LogP contribution in [0.25, 0.3) is 0 Å². The topological polar surface area (TPSA) is 67.6 Å². The van der Waals surface area contributed by atoms with Crippen molar-refractivity contribution in [2.24, 2.45) is 13.0 Å². The normalized spacial score (nSPS) is 20.7. The predicted molar refractivity (Wildman–Crippen MR) is 81.8 cm³/mol. The highest BCUT2D eigenvalue weighted by Crippen LogP contribution is 2.33. The van der Waals surface area contributed by atoms with Gasteiger partial charge in [-0.05, 0) is 43.1 Å². The molecule has 1 N–H and O–H groups in total. The maximum atomic E-state index is 12.0. The fourth-order valence-corrected chi connectivity index (χ4v) is 3.10. The molecule has 1 aromatic heterocycles. The molecule has 118 valence electrons. The number of amides is 1. The third-order valence-electron chi connectivity index (χ3n) is 3.54. The van der Waals surface area contributed by atoms with Crippen molar-refractivity contribution in [3.8, 4) is 0 Å². The Morgan fingerprint density at radius 3 is 2.76 bits per heavy atom. The van der Waals surface area contributed by atoms with Gasteiger partial charge >= 0.3 is 6.09 Å². The van der Waals surface area contributed by atoms with Gasteiger partial charge in [-0.3, -0.25) is 4.68 Å². The molecular weight excluding hydrogens is 338 g/mol. The highest BCUT2D eigenvalue weighted by Gasteiger charge is 2.35. The molecule has 7 heteroatoms. The van der Waals surface area contributed by atoms with E-state index in [2.05, 4.69) is 21.0 Å². The summed E-state index contributed by atoms with van der Waals surface area (Å²) in [5, 5.41) is 14.6. The number of aliphatic hydroxyl groups excluding tert-OH is 1. The number of rotatable bonds is 2. The van der Waals surface area contributed by atoms with Gasteiger partial charge in [-0.15, -0.1) is 0 Å². The van der Waals surface area contributed by atoms with E-state index in [0.717, 1.165) is 16.6 Å². The number of nitrogens with zero attached hydrogens (tertiary/aromatic N) is 3. The lowest BCUT2D eigenvalue weighted by atomic mass is 9.99. The SMILES string of the molecule is Cn1ncc(Br)c1C(O)C1CCN(C(=O)OC(C)(C)C)C1. The lowest BCUT2D eigenvalue weighted by molar-refractivity contribution is 0.0265. The molecule has 1 aliphatic rings. The van der Waals surface area contributed by atoms with Crippen LogP contribution in [0.4, 0.5) is 4.79 Å². The average Bonchev–Trinajstić information content (AvgIpc) is 2.94. The summed E-state index contributed by atoms with van der Waals surface area (Å²) in [6.45, 7) is 6.64. The highest BCUT2D eigenvalue weighted by atomic mass is 79.9. The Bertz CT molecular complexity index is 505. The van der Waals surface area contributed by atoms with Gasteiger partial charge in [-0.1, -0.05) is 0 Å². The van der Waals surface area contributed by atoms with Crippen molar-refractivity contribution < 1.29 is 14.6 Å². The molecule has 1 fully saturated rings. The van der Waals surface area contributed by atoms with Crippen LogP contribution in [0, 0.1) is 5.92 Å². The minimum atomic E-state index is -0.653. The summed E-state index contributed by atoms with van der Waals surface area (Å²) in [7, 11) is 1.80. The zero-order valence-corrected chi connectivity index (χ0v) is 14.4. The van der Waals surface area contributed by atoms with Gasteiger partial charge in [0, 0.05) is 26.1 Å². The number of hydrogen-bond acceptors (Lipinski definition) is 4. The van der Waals surface area contributed by atoms with Crippen molar-refractivity contribution in [2.45, 2.75) is 38.9 Å². The summed E-state index contributed by atoms with van der Waals surface area (Å²) in [6.07, 6.45) is 1.44. The van der Waals surface area contributed by atoms with Crippen molar-refractivity contribution in [1.82, 2.24) is 14.7 Å². The molecule has 2 heterocycles. The molecule has 0 saturated carbocycles. The molecule has 1 saturated heterocycles. The predicted octanol–water partition coefficient (Wildman–Crippen LogP) is 2.47. The van der Waals surface area contributed by atoms with Gasteiger partial charge in [0.05, 0.1) is 16.4 Å². The summed E-state index contributed by atoms with van der Waals surface area (Å²) in [6, 6.07) is 0. The smallest absolute Gasteiger partial charge is 0.410 e. The minimum Gasteiger partial charge on any atom is -0.444 e. The Hall–Kier alpha value is -1.08. The first kappa shape index (κ1) is 16.3. The number of aromatic nitrogens is 2. The Kier molecular flexibility index (Phi) is 4.63. The van der Waals surface area contributed by atoms with E-state index in [4.69, 9.17) is 4.74 Å². The third-order valence-corrected chi connectivity index (χ3v) is 4.15. The van der Waals surface area contributed by atoms with Crippen LogP contribution in [0.1, 0.15) is 39.0 Å². The maximum Gasteiger partial charge on any atom is 0.410 e. The van der Waals surface area contributed by atoms with Crippen LogP contribution in [-0.4, -0.2) is 44.6 Å². The number of halogens is 1. The quantitative estimate of drug-likeness (QED) is 0.880. The summed E-state index contributed by atoms with van der Waals surface area (Å²) in [5.74, 6) is -0.00998. The van der Waals surface area contributed by atoms with Crippen molar-refractivity contribution in [3.05, 3.63) is 16.4 Å². The van der Waals surface area contributed by atoms with Crippen molar-refractivity contribution in [2.75, 3.05) is 13.1 Å². The molecule has 0 aromatic carbocycles. The second kappa shape index (κ2) is 5.96. The molecule has 1 aliphatic heterocycles. The number of aliphatic hydroxyl groups is 1. The monoisotopic (exact) mass is 359 g/mol. The van der Waals surface area contributed by atoms with Crippen LogP contribution in [0.15, 0.2) is 10.7 Å². The molecule has 0 aliphatic carbocycles. The van der Waals surface area contributed by atoms with Crippen LogP contribution in [0.3, 0.4) is 0 Å². The third kappa shape index (κ3) is 3.77. The summed E-state index contributed by atoms with van der Waals surface area (Å²) in [4.78, 5) is 13.7. The minimum absolute atomic E-state index is 0.00998. The molecule has 2 unspecified atom stereocenters. The molecule has 0 bridgehead atoms. The van der Waals surface area contributed by atoms with Gasteiger partial charge in [-0.25, -0.2) is 4.79 Å². The lowest BCUT2D eigenvalue weighted by Crippen LogP contribution is -2.35. The first-order valence-corrected chi connectivity index (χ1v) is 7.81. The van der Waals surface area contributed by atoms with Gasteiger partial charge in [0.25, 0.3) is 0 Å². The molecule has 0 radical (unpaired) electrons. The lowest BCUT2D eigenvalue weighted by Gasteiger charge is -2.25. The van der Waals surface area contributed by atoms with Crippen LogP contribution >= 0.6 is 15.9 Å². The molecular formula is C14H22BrN3O3. The standard InChI is InChI=1S/C14H22BrN3O3/c1-14(2,3)21-13(20)18-6-5-9(8-18)12(19)11-10(15)7-16-17(11)4/h7,9,12,19H,5-6,8H2,1-4H3. The fourth-order valence-electron chi connectivity index (χ4n) is 2.51. The van der Waals surface area contributed by atoms with E-state index >= 15 is 0 Å². The zero-order valence-electron chi connectivity index (χ0n) is 12.8. The van der Waals surface area contributed by atoms with E-state index in [-0.39, 0.29) is 12.0 Å². The molecule has 2 atom stereocenters. The van der Waals surface area contributed by atoms with E-state index < -0.39 is 11.7 Å². The van der Waals surface area contributed by atoms with Crippen LogP contribution < -0.4 is 0 Å². The number of aryl methyl sites for hydroxylation is 1. The Balaban J connectivity index is 2.01. The first-order valence-electron chi connectivity index (χ1n) is 7.02. The number of hydrogen-bond donors (Lipinski definition) is 1. The van der Waals surface area contributed by atoms with Gasteiger partial charge in [-0.2, -0.15) is 5.10 Å². The maximum absolute atomic E-state index is 12.0. The number of ether oxygens (including phenoxy) is 1. The Morgan fingerprint density at radius 2 is 2.24 bits per heavy atom. The van der Waals surface area contributed by atoms with Gasteiger partial charge in [0.1, 0.15) is 11.7 Å². The molecule has 1 amide bonds. The average molecular weight is 360 g/mol. The van der Waals surface area contributed by atoms with Gasteiger partial charge in [0.15, 0.2) is 0 Å². The number of likely N-dealkylation sites (tertiary alicyclic amines) is 1. The number of carbonyl (C=O) groups excluding carboxylic acids is 1. The van der Waals surface area contributed by atoms with Crippen LogP contribution in [0.5, 0.6) is 0 Å². The summed E-state index contributed by atoms with van der Waals surface area (Å²) < 4.78 is 7.81. The molecule has 1 aromatic rings. The van der Waals surface area contributed by atoms with Crippen LogP contribution in [0.2, 0.25) is 0 Å². The van der Waals surface area contributed by atoms with E-state index in [1.165, 1.54) is 0 Å². The first-order chi connectivity index (χ1) is 9.69. The van der Waals surface area contributed by atoms with E-state index in [9.17, 15) is 9.90 Å². The largest absolute Gasteiger partial charge is 0.444 e. The number of carbonyl (C=O) groups is 1. The van der Waals surface area contributed by atoms with Crippen molar-refractivity contribution >= 4 is 22.0 Å². The van der Waals surface area contributed by atoms with Gasteiger partial charge in [0.2, 0.25) is 0 Å². The van der Waals surface area contributed by atoms with E-state index in [1.807, 2.05) is 20.8 Å². The molecule has 0 spiro atoms. The summed E-state index contributed by atoms with van der Waals surface area (Å²) >= 11 is 3.40. The van der Waals surface area contributed by atoms with Crippen molar-refractivity contribution in [1.29, 1.82) is 0 Å². The highest BCUT2D eigenvalue weighted by molar-refractivity contribution is 9.10. The molecule has 2 rings (SSSR count). The van der Waals surface area contributed by atoms with E-state index in [1.54, 1.807) is 22.8 Å². The van der Waals surface area contributed by atoms with E-state index in [0.29, 0.717) is 13.1 Å². The Labute approximate surface area is 133 Å². The second-order valence-corrected chi connectivity index (χ2v) is 7.28. The van der Waals surface area contributed by atoms with Crippen LogP contribution in [-0.2, 0) is 11.8 Å². The summed E-state index contributed by atoms with van der Waals surface area (Å²) in [5.41, 5.74) is 0.241. The Morgan fingerprint density at radius 1 is 1.57 bits per heavy atom. The fraction of sp³-hybridized carbons (Fsp3) is 0.714. The second-order valence-electron chi connectivity index (χ2n) is 6.42. The molecule has 6 nitrogen and oxygen atoms in total. The molecule has 21 heavy (non-hydrogen) atoms.